The van der Waals surface area contributed by atoms with Crippen LogP contribution in [0.5, 0.6) is 5.75 Å². The molecule has 7 nitrogen and oxygen atoms in total. The van der Waals surface area contributed by atoms with Gasteiger partial charge in [-0.2, -0.15) is 0 Å². The molecule has 0 radical (unpaired) electrons. The first kappa shape index (κ1) is 38.1. The molecule has 0 N–H and O–H groups in total. The summed E-state index contributed by atoms with van der Waals surface area (Å²) in [6.07, 6.45) is -0.334. The molecule has 0 bridgehead atoms. The van der Waals surface area contributed by atoms with E-state index in [4.69, 9.17) is 23.7 Å². The highest BCUT2D eigenvalue weighted by molar-refractivity contribution is 5.83. The Labute approximate surface area is 324 Å². The number of hydrogen-bond acceptors (Lipinski definition) is 6. The van der Waals surface area contributed by atoms with Gasteiger partial charge in [-0.1, -0.05) is 115 Å². The quantitative estimate of drug-likeness (QED) is 0.104. The Morgan fingerprint density at radius 2 is 1.15 bits per heavy atom. The molecule has 1 aliphatic rings. The van der Waals surface area contributed by atoms with E-state index in [1.54, 1.807) is 4.90 Å². The molecule has 55 heavy (non-hydrogen) atoms. The lowest BCUT2D eigenvalue weighted by molar-refractivity contribution is -0.1000. The molecule has 1 unspecified atom stereocenters. The smallest absolute Gasteiger partial charge is 0.410 e. The minimum absolute atomic E-state index is 0.167. The second-order valence-electron chi connectivity index (χ2n) is 15.3. The van der Waals surface area contributed by atoms with E-state index in [0.29, 0.717) is 46.1 Å². The first-order valence-electron chi connectivity index (χ1n) is 19.3. The predicted molar refractivity (Wildman–Crippen MR) is 218 cm³/mol. The van der Waals surface area contributed by atoms with Crippen LogP contribution in [0.1, 0.15) is 55.4 Å². The largest absolute Gasteiger partial charge is 0.494 e. The maximum absolute atomic E-state index is 13.6. The van der Waals surface area contributed by atoms with Gasteiger partial charge in [0, 0.05) is 12.3 Å². The molecule has 0 spiro atoms. The topological polar surface area (TPSA) is 66.5 Å². The summed E-state index contributed by atoms with van der Waals surface area (Å²) in [6, 6.07) is 47.9. The van der Waals surface area contributed by atoms with E-state index in [-0.39, 0.29) is 24.2 Å². The fraction of sp³-hybridized carbons (Fsp3) is 0.312. The van der Waals surface area contributed by atoms with E-state index in [1.807, 2.05) is 75.4 Å². The fourth-order valence-electron chi connectivity index (χ4n) is 7.16. The molecule has 0 aromatic heterocycles. The number of fused-ring (bicyclic) bond motifs is 2. The Morgan fingerprint density at radius 3 is 1.71 bits per heavy atom. The predicted octanol–water partition coefficient (Wildman–Crippen LogP) is 10.5. The first-order valence-corrected chi connectivity index (χ1v) is 19.3. The molecule has 6 aromatic carbocycles. The third kappa shape index (κ3) is 10.5. The molecular weight excluding hydrogens is 687 g/mol. The van der Waals surface area contributed by atoms with Crippen molar-refractivity contribution >= 4 is 27.6 Å². The molecule has 1 aliphatic heterocycles. The second-order valence-corrected chi connectivity index (χ2v) is 15.3. The van der Waals surface area contributed by atoms with E-state index in [9.17, 15) is 4.79 Å². The lowest BCUT2D eigenvalue weighted by Crippen LogP contribution is -2.55. The summed E-state index contributed by atoms with van der Waals surface area (Å²) in [6.45, 7) is 8.94. The third-order valence-electron chi connectivity index (χ3n) is 9.89. The van der Waals surface area contributed by atoms with Crippen LogP contribution in [0.2, 0.25) is 0 Å². The van der Waals surface area contributed by atoms with Crippen LogP contribution in [0.3, 0.4) is 0 Å². The van der Waals surface area contributed by atoms with Crippen molar-refractivity contribution in [3.63, 3.8) is 0 Å². The number of hydrogen-bond donors (Lipinski definition) is 0. The van der Waals surface area contributed by atoms with E-state index in [2.05, 4.69) is 84.9 Å². The van der Waals surface area contributed by atoms with Gasteiger partial charge in [-0.05, 0) is 88.8 Å². The Balaban J connectivity index is 1.10. The van der Waals surface area contributed by atoms with Crippen molar-refractivity contribution < 1.29 is 28.5 Å². The van der Waals surface area contributed by atoms with Crippen molar-refractivity contribution in [3.05, 3.63) is 162 Å². The number of likely N-dealkylation sites (tertiary alicyclic amines) is 1. The molecule has 1 heterocycles. The summed E-state index contributed by atoms with van der Waals surface area (Å²) in [7, 11) is 0. The summed E-state index contributed by atoms with van der Waals surface area (Å²) >= 11 is 0. The van der Waals surface area contributed by atoms with Crippen molar-refractivity contribution in [2.24, 2.45) is 0 Å². The van der Waals surface area contributed by atoms with Crippen LogP contribution in [0.4, 0.5) is 4.79 Å². The van der Waals surface area contributed by atoms with Crippen molar-refractivity contribution in [1.82, 2.24) is 4.90 Å². The van der Waals surface area contributed by atoms with Crippen LogP contribution in [0, 0.1) is 0 Å². The van der Waals surface area contributed by atoms with Gasteiger partial charge in [-0.25, -0.2) is 4.79 Å². The molecule has 284 valence electrons. The molecule has 1 amide bonds. The van der Waals surface area contributed by atoms with Crippen LogP contribution < -0.4 is 4.74 Å². The van der Waals surface area contributed by atoms with Gasteiger partial charge >= 0.3 is 6.09 Å². The number of piperidine rings is 1. The molecule has 6 aromatic rings. The Bertz CT molecular complexity index is 2050. The standard InChI is InChI=1S/C48H51NO6/c1-48(2,3)55-47(50)49-30-44(53-33-36-18-20-38-14-7-9-16-41(38)28-36)46(45(31-49)54-34-37-19-21-39-15-8-10-17-42(39)29-37)40-22-24-43(25-23-40)52-27-11-26-51-32-35-12-5-4-6-13-35/h4-10,12-25,28-29,44-46H,11,26-27,30-34H2,1-3H3/t44-,45+,46?. The Hall–Kier alpha value is -5.21. The molecular formula is C48H51NO6. The Morgan fingerprint density at radius 1 is 0.600 bits per heavy atom. The summed E-state index contributed by atoms with van der Waals surface area (Å²) in [5.74, 6) is 0.625. The van der Waals surface area contributed by atoms with Gasteiger partial charge in [0.15, 0.2) is 0 Å². The maximum Gasteiger partial charge on any atom is 0.410 e. The lowest BCUT2D eigenvalue weighted by Gasteiger charge is -2.43. The highest BCUT2D eigenvalue weighted by Crippen LogP contribution is 2.36. The number of carbonyl (C=O) groups excluding carboxylic acids is 1. The van der Waals surface area contributed by atoms with E-state index in [1.165, 1.54) is 10.8 Å². The van der Waals surface area contributed by atoms with Crippen molar-refractivity contribution in [2.45, 2.75) is 70.7 Å². The van der Waals surface area contributed by atoms with Gasteiger partial charge in [-0.15, -0.1) is 0 Å². The summed E-state index contributed by atoms with van der Waals surface area (Å²) in [5, 5.41) is 4.69. The molecule has 7 rings (SSSR count). The zero-order valence-electron chi connectivity index (χ0n) is 32.1. The van der Waals surface area contributed by atoms with Crippen LogP contribution >= 0.6 is 0 Å². The van der Waals surface area contributed by atoms with Gasteiger partial charge in [0.1, 0.15) is 11.4 Å². The van der Waals surface area contributed by atoms with Crippen LogP contribution in [0.15, 0.2) is 140 Å². The average molecular weight is 738 g/mol. The minimum Gasteiger partial charge on any atom is -0.494 e. The zero-order chi connectivity index (χ0) is 38.0. The number of benzene rings is 6. The van der Waals surface area contributed by atoms with Crippen LogP contribution in [-0.2, 0) is 38.8 Å². The van der Waals surface area contributed by atoms with E-state index >= 15 is 0 Å². The molecule has 0 saturated carbocycles. The van der Waals surface area contributed by atoms with E-state index < -0.39 is 5.60 Å². The van der Waals surface area contributed by atoms with Gasteiger partial charge in [0.2, 0.25) is 0 Å². The minimum atomic E-state index is -0.638. The summed E-state index contributed by atoms with van der Waals surface area (Å²) in [5.41, 5.74) is 3.72. The van der Waals surface area contributed by atoms with Gasteiger partial charge < -0.3 is 28.6 Å². The fourth-order valence-corrected chi connectivity index (χ4v) is 7.16. The Kier molecular flexibility index (Phi) is 12.4. The van der Waals surface area contributed by atoms with Gasteiger partial charge in [0.25, 0.3) is 0 Å². The highest BCUT2D eigenvalue weighted by atomic mass is 16.6. The summed E-state index contributed by atoms with van der Waals surface area (Å²) in [4.78, 5) is 15.4. The van der Waals surface area contributed by atoms with Gasteiger partial charge in [-0.3, -0.25) is 0 Å². The molecule has 0 aliphatic carbocycles. The summed E-state index contributed by atoms with van der Waals surface area (Å²) < 4.78 is 31.5. The zero-order valence-corrected chi connectivity index (χ0v) is 32.1. The van der Waals surface area contributed by atoms with Gasteiger partial charge in [0.05, 0.1) is 58.3 Å². The monoisotopic (exact) mass is 737 g/mol. The third-order valence-corrected chi connectivity index (χ3v) is 9.89. The number of carbonyl (C=O) groups is 1. The van der Waals surface area contributed by atoms with E-state index in [0.717, 1.165) is 45.2 Å². The molecule has 1 fully saturated rings. The molecule has 1 saturated heterocycles. The van der Waals surface area contributed by atoms with Crippen molar-refractivity contribution in [3.8, 4) is 5.75 Å². The lowest BCUT2D eigenvalue weighted by atomic mass is 9.84. The molecule has 3 atom stereocenters. The first-order chi connectivity index (χ1) is 26.8. The highest BCUT2D eigenvalue weighted by Gasteiger charge is 2.42. The van der Waals surface area contributed by atoms with Crippen molar-refractivity contribution in [2.75, 3.05) is 26.3 Å². The maximum atomic E-state index is 13.6. The number of rotatable bonds is 14. The van der Waals surface area contributed by atoms with Crippen LogP contribution in [-0.4, -0.2) is 55.1 Å². The average Bonchev–Trinajstić information content (AvgIpc) is 3.20. The normalized spacial score (nSPS) is 17.4. The second kappa shape index (κ2) is 17.9. The van der Waals surface area contributed by atoms with Crippen LogP contribution in [0.25, 0.3) is 21.5 Å². The van der Waals surface area contributed by atoms with Crippen molar-refractivity contribution in [1.29, 1.82) is 0 Å². The number of nitrogens with zero attached hydrogens (tertiary/aromatic N) is 1. The SMILES string of the molecule is CC(C)(C)OC(=O)N1C[C@H](OCc2ccc3ccccc3c2)C(c2ccc(OCCCOCc3ccccc3)cc2)[C@H](OCc2ccc3ccccc3c2)C1. The number of ether oxygens (including phenoxy) is 5. The molecule has 7 heteroatoms. The number of amides is 1.